The molecular weight excluding hydrogens is 387 g/mol. The second kappa shape index (κ2) is 9.69. The highest BCUT2D eigenvalue weighted by atomic mass is 14.9. The van der Waals surface area contributed by atoms with Crippen LogP contribution in [0.3, 0.4) is 0 Å². The van der Waals surface area contributed by atoms with E-state index in [9.17, 15) is 0 Å². The van der Waals surface area contributed by atoms with E-state index < -0.39 is 0 Å². The minimum atomic E-state index is 0.0537. The van der Waals surface area contributed by atoms with Crippen LogP contribution in [0.1, 0.15) is 93.9 Å². The van der Waals surface area contributed by atoms with Crippen LogP contribution in [0.15, 0.2) is 48.5 Å². The van der Waals surface area contributed by atoms with Gasteiger partial charge < -0.3 is 4.98 Å². The number of aromatic nitrogens is 2. The predicted molar refractivity (Wildman–Crippen MR) is 141 cm³/mol. The molecule has 1 heterocycles. The first-order chi connectivity index (χ1) is 15.0. The Morgan fingerprint density at radius 1 is 0.812 bits per heavy atom. The number of imidazole rings is 1. The molecule has 0 bridgehead atoms. The highest BCUT2D eigenvalue weighted by Gasteiger charge is 2.29. The topological polar surface area (TPSA) is 28.7 Å². The highest BCUT2D eigenvalue weighted by Crippen LogP contribution is 2.34. The summed E-state index contributed by atoms with van der Waals surface area (Å²) in [6.45, 7) is 18.1. The number of aromatic amines is 1. The Balaban J connectivity index is 1.75. The van der Waals surface area contributed by atoms with E-state index in [0.717, 1.165) is 25.7 Å². The monoisotopic (exact) mass is 428 g/mol. The fraction of sp³-hybridized carbons (Fsp3) is 0.483. The SMILES string of the molecule is Cc1ccccc1C(CCCBc1nc(C(C)(C)C)c(C(C)(C)C)[nH]1)c1ccccc1C. The molecule has 170 valence electrons. The summed E-state index contributed by atoms with van der Waals surface area (Å²) in [7, 11) is 1.01. The lowest BCUT2D eigenvalue weighted by Crippen LogP contribution is -2.21. The summed E-state index contributed by atoms with van der Waals surface area (Å²) < 4.78 is 0. The normalized spacial score (nSPS) is 12.4. The Kier molecular flexibility index (Phi) is 7.37. The number of nitrogens with one attached hydrogen (secondary N) is 1. The van der Waals surface area contributed by atoms with Crippen LogP contribution in [0.25, 0.3) is 0 Å². The molecule has 0 radical (unpaired) electrons. The summed E-state index contributed by atoms with van der Waals surface area (Å²) in [4.78, 5) is 8.74. The molecule has 0 saturated carbocycles. The number of hydrogen-bond donors (Lipinski definition) is 1. The first-order valence-corrected chi connectivity index (χ1v) is 12.2. The van der Waals surface area contributed by atoms with Gasteiger partial charge in [-0.2, -0.15) is 0 Å². The second-order valence-corrected chi connectivity index (χ2v) is 11.4. The molecular formula is C29H41BN2. The van der Waals surface area contributed by atoms with Gasteiger partial charge in [-0.25, -0.2) is 4.98 Å². The van der Waals surface area contributed by atoms with E-state index in [4.69, 9.17) is 4.98 Å². The molecule has 2 aromatic carbocycles. The van der Waals surface area contributed by atoms with Gasteiger partial charge in [0.2, 0.25) is 7.28 Å². The lowest BCUT2D eigenvalue weighted by Gasteiger charge is -2.24. The van der Waals surface area contributed by atoms with Crippen LogP contribution in [0.5, 0.6) is 0 Å². The molecule has 0 saturated heterocycles. The van der Waals surface area contributed by atoms with Crippen molar-refractivity contribution in [2.24, 2.45) is 0 Å². The fourth-order valence-electron chi connectivity index (χ4n) is 4.70. The van der Waals surface area contributed by atoms with Crippen molar-refractivity contribution in [1.29, 1.82) is 0 Å². The lowest BCUT2D eigenvalue weighted by molar-refractivity contribution is 0.512. The molecule has 0 aliphatic heterocycles. The summed E-state index contributed by atoms with van der Waals surface area (Å²) in [5.41, 5.74) is 9.48. The standard InChI is InChI=1S/C29H41BN2/c1-20-14-9-11-16-22(20)24(23-17-12-10-15-21(23)2)18-13-19-30-27-31-25(28(3,4)5)26(32-27)29(6,7)8/h9-12,14-17,24,30H,13,18-19H2,1-8H3,(H,31,32). The van der Waals surface area contributed by atoms with Gasteiger partial charge in [0.25, 0.3) is 0 Å². The van der Waals surface area contributed by atoms with Gasteiger partial charge in [-0.3, -0.25) is 0 Å². The maximum atomic E-state index is 5.05. The highest BCUT2D eigenvalue weighted by molar-refractivity contribution is 6.51. The van der Waals surface area contributed by atoms with Crippen molar-refractivity contribution in [3.8, 4) is 0 Å². The van der Waals surface area contributed by atoms with Gasteiger partial charge in [0, 0.05) is 22.4 Å². The molecule has 0 fully saturated rings. The van der Waals surface area contributed by atoms with Crippen LogP contribution in [-0.4, -0.2) is 17.2 Å². The summed E-state index contributed by atoms with van der Waals surface area (Å²) in [5.74, 6) is 0.448. The maximum Gasteiger partial charge on any atom is 0.204 e. The first kappa shape index (κ1) is 24.4. The minimum absolute atomic E-state index is 0.0537. The number of nitrogens with zero attached hydrogens (tertiary/aromatic N) is 1. The Bertz CT molecular complexity index is 957. The van der Waals surface area contributed by atoms with Crippen molar-refractivity contribution in [3.63, 3.8) is 0 Å². The van der Waals surface area contributed by atoms with Crippen molar-refractivity contribution in [2.75, 3.05) is 0 Å². The van der Waals surface area contributed by atoms with E-state index in [2.05, 4.69) is 109 Å². The van der Waals surface area contributed by atoms with Gasteiger partial charge in [0.1, 0.15) is 0 Å². The van der Waals surface area contributed by atoms with E-state index >= 15 is 0 Å². The summed E-state index contributed by atoms with van der Waals surface area (Å²) in [5, 5.41) is 0. The summed E-state index contributed by atoms with van der Waals surface area (Å²) in [6, 6.07) is 17.7. The van der Waals surface area contributed by atoms with Crippen molar-refractivity contribution in [1.82, 2.24) is 9.97 Å². The van der Waals surface area contributed by atoms with Crippen LogP contribution in [0, 0.1) is 13.8 Å². The molecule has 0 amide bonds. The molecule has 0 aliphatic carbocycles. The molecule has 0 aliphatic rings. The third-order valence-corrected chi connectivity index (χ3v) is 6.50. The molecule has 3 heteroatoms. The third kappa shape index (κ3) is 5.74. The molecule has 3 rings (SSSR count). The molecule has 32 heavy (non-hydrogen) atoms. The van der Waals surface area contributed by atoms with Gasteiger partial charge in [-0.15, -0.1) is 0 Å². The second-order valence-electron chi connectivity index (χ2n) is 11.4. The number of hydrogen-bond acceptors (Lipinski definition) is 1. The summed E-state index contributed by atoms with van der Waals surface area (Å²) in [6.07, 6.45) is 3.49. The van der Waals surface area contributed by atoms with Gasteiger partial charge in [0.05, 0.1) is 11.4 Å². The lowest BCUT2D eigenvalue weighted by atomic mass is 9.70. The zero-order valence-electron chi connectivity index (χ0n) is 21.5. The molecule has 1 aromatic heterocycles. The smallest absolute Gasteiger partial charge is 0.204 e. The Morgan fingerprint density at radius 3 is 1.78 bits per heavy atom. The van der Waals surface area contributed by atoms with Crippen molar-refractivity contribution in [3.05, 3.63) is 82.2 Å². The van der Waals surface area contributed by atoms with Gasteiger partial charge in [-0.1, -0.05) is 103 Å². The Labute approximate surface area is 196 Å². The van der Waals surface area contributed by atoms with Gasteiger partial charge in [0.15, 0.2) is 0 Å². The van der Waals surface area contributed by atoms with Gasteiger partial charge in [-0.05, 0) is 42.5 Å². The summed E-state index contributed by atoms with van der Waals surface area (Å²) >= 11 is 0. The van der Waals surface area contributed by atoms with Crippen molar-refractivity contribution < 1.29 is 0 Å². The van der Waals surface area contributed by atoms with Crippen LogP contribution in [0.2, 0.25) is 6.32 Å². The average molecular weight is 428 g/mol. The largest absolute Gasteiger partial charge is 0.354 e. The molecule has 0 unspecified atom stereocenters. The minimum Gasteiger partial charge on any atom is -0.354 e. The van der Waals surface area contributed by atoms with Crippen LogP contribution in [0.4, 0.5) is 0 Å². The molecule has 2 nitrogen and oxygen atoms in total. The number of rotatable bonds is 7. The van der Waals surface area contributed by atoms with E-state index in [0.29, 0.717) is 5.92 Å². The quantitative estimate of drug-likeness (QED) is 0.329. The predicted octanol–water partition coefficient (Wildman–Crippen LogP) is 6.71. The van der Waals surface area contributed by atoms with Crippen LogP contribution < -0.4 is 5.72 Å². The molecule has 0 spiro atoms. The average Bonchev–Trinajstić information content (AvgIpc) is 3.15. The zero-order chi connectivity index (χ0) is 23.5. The van der Waals surface area contributed by atoms with Gasteiger partial charge >= 0.3 is 0 Å². The Morgan fingerprint density at radius 2 is 1.34 bits per heavy atom. The first-order valence-electron chi connectivity index (χ1n) is 12.2. The van der Waals surface area contributed by atoms with E-state index in [-0.39, 0.29) is 10.8 Å². The van der Waals surface area contributed by atoms with Crippen molar-refractivity contribution >= 4 is 13.0 Å². The zero-order valence-corrected chi connectivity index (χ0v) is 21.5. The number of H-pyrrole nitrogens is 1. The van der Waals surface area contributed by atoms with E-state index in [1.807, 2.05) is 0 Å². The van der Waals surface area contributed by atoms with Crippen molar-refractivity contribution in [2.45, 2.75) is 91.3 Å². The van der Waals surface area contributed by atoms with Crippen LogP contribution >= 0.6 is 0 Å². The van der Waals surface area contributed by atoms with Crippen LogP contribution in [-0.2, 0) is 10.8 Å². The number of aryl methyl sites for hydroxylation is 2. The molecule has 0 atom stereocenters. The van der Waals surface area contributed by atoms with E-state index in [1.165, 1.54) is 40.1 Å². The maximum absolute atomic E-state index is 5.05. The number of benzene rings is 2. The Hall–Kier alpha value is -2.29. The molecule has 3 aromatic rings. The fourth-order valence-corrected chi connectivity index (χ4v) is 4.70. The van der Waals surface area contributed by atoms with E-state index in [1.54, 1.807) is 0 Å². The molecule has 1 N–H and O–H groups in total. The third-order valence-electron chi connectivity index (χ3n) is 6.50.